The summed E-state index contributed by atoms with van der Waals surface area (Å²) in [6.45, 7) is 4.15. The number of carbonyl (C=O) groups is 3. The Morgan fingerprint density at radius 2 is 1.67 bits per heavy atom. The molecule has 1 aliphatic heterocycles. The largest absolute Gasteiger partial charge is 0.491 e. The lowest BCUT2D eigenvalue weighted by Crippen LogP contribution is -2.40. The highest BCUT2D eigenvalue weighted by Gasteiger charge is 2.47. The minimum Gasteiger partial charge on any atom is -0.491 e. The van der Waals surface area contributed by atoms with Gasteiger partial charge in [0.25, 0.3) is 0 Å². The van der Waals surface area contributed by atoms with E-state index in [1.807, 2.05) is 32.0 Å². The number of benzene rings is 1. The Balaban J connectivity index is 1.64. The first-order valence-corrected chi connectivity index (χ1v) is 8.38. The summed E-state index contributed by atoms with van der Waals surface area (Å²) in [6.07, 6.45) is 3.56. The molecule has 2 aliphatic rings. The molecule has 0 spiro atoms. The monoisotopic (exact) mass is 330 g/mol. The number of amides is 4. The number of hydrogen-bond acceptors (Lipinski definition) is 4. The lowest BCUT2D eigenvalue weighted by atomic mass is 10.1. The first kappa shape index (κ1) is 16.5. The highest BCUT2D eigenvalue weighted by Crippen LogP contribution is 2.28. The molecule has 0 bridgehead atoms. The maximum atomic E-state index is 12.4. The van der Waals surface area contributed by atoms with Crippen molar-refractivity contribution in [2.45, 2.75) is 45.6 Å². The van der Waals surface area contributed by atoms with Gasteiger partial charge in [0.05, 0.1) is 6.54 Å². The summed E-state index contributed by atoms with van der Waals surface area (Å²) in [5.41, 5.74) is 2.00. The fourth-order valence-corrected chi connectivity index (χ4v) is 3.47. The highest BCUT2D eigenvalue weighted by molar-refractivity contribution is 6.44. The van der Waals surface area contributed by atoms with Crippen LogP contribution in [-0.4, -0.2) is 46.8 Å². The van der Waals surface area contributed by atoms with Gasteiger partial charge in [-0.1, -0.05) is 31.0 Å². The van der Waals surface area contributed by atoms with Crippen LogP contribution in [-0.2, 0) is 9.59 Å². The van der Waals surface area contributed by atoms with Gasteiger partial charge in [-0.25, -0.2) is 4.79 Å². The third kappa shape index (κ3) is 2.88. The van der Waals surface area contributed by atoms with E-state index in [-0.39, 0.29) is 19.2 Å². The van der Waals surface area contributed by atoms with Crippen molar-refractivity contribution < 1.29 is 19.1 Å². The van der Waals surface area contributed by atoms with E-state index in [1.165, 1.54) is 0 Å². The molecule has 1 saturated heterocycles. The average molecular weight is 330 g/mol. The number of imide groups is 2. The Morgan fingerprint density at radius 1 is 1.04 bits per heavy atom. The summed E-state index contributed by atoms with van der Waals surface area (Å²) in [5.74, 6) is -0.674. The molecule has 6 heteroatoms. The van der Waals surface area contributed by atoms with Gasteiger partial charge in [0.2, 0.25) is 0 Å². The van der Waals surface area contributed by atoms with Crippen molar-refractivity contribution in [1.82, 2.24) is 9.80 Å². The summed E-state index contributed by atoms with van der Waals surface area (Å²) in [6, 6.07) is 5.21. The van der Waals surface area contributed by atoms with E-state index in [1.54, 1.807) is 0 Å². The maximum Gasteiger partial charge on any atom is 0.334 e. The molecule has 1 aliphatic carbocycles. The second-order valence-corrected chi connectivity index (χ2v) is 6.42. The fraction of sp³-hybridized carbons (Fsp3) is 0.500. The van der Waals surface area contributed by atoms with Crippen LogP contribution in [0.2, 0.25) is 0 Å². The minimum absolute atomic E-state index is 0.0837. The summed E-state index contributed by atoms with van der Waals surface area (Å²) in [7, 11) is 0. The number of nitrogens with zero attached hydrogens (tertiary/aromatic N) is 2. The molecule has 1 aromatic rings. The van der Waals surface area contributed by atoms with E-state index in [0.29, 0.717) is 0 Å². The topological polar surface area (TPSA) is 66.9 Å². The number of hydrogen-bond donors (Lipinski definition) is 0. The molecule has 0 aromatic heterocycles. The zero-order valence-electron chi connectivity index (χ0n) is 14.1. The third-order valence-electron chi connectivity index (χ3n) is 4.74. The van der Waals surface area contributed by atoms with Gasteiger partial charge in [-0.2, -0.15) is 0 Å². The molecule has 3 rings (SSSR count). The zero-order valence-corrected chi connectivity index (χ0v) is 14.1. The van der Waals surface area contributed by atoms with Gasteiger partial charge in [-0.3, -0.25) is 19.4 Å². The van der Waals surface area contributed by atoms with Crippen LogP contribution in [0.3, 0.4) is 0 Å². The van der Waals surface area contributed by atoms with Gasteiger partial charge >= 0.3 is 17.8 Å². The van der Waals surface area contributed by atoms with Gasteiger partial charge in [-0.15, -0.1) is 0 Å². The number of para-hydroxylation sites is 1. The normalized spacial score (nSPS) is 18.8. The van der Waals surface area contributed by atoms with Crippen molar-refractivity contribution >= 4 is 17.8 Å². The molecule has 2 fully saturated rings. The SMILES string of the molecule is Cc1cccc(C)c1OCCN1C(=O)C(=O)N(C2CCCC2)C1=O. The molecule has 0 N–H and O–H groups in total. The molecule has 1 heterocycles. The zero-order chi connectivity index (χ0) is 17.3. The molecular formula is C18H22N2O4. The lowest BCUT2D eigenvalue weighted by molar-refractivity contribution is -0.144. The van der Waals surface area contributed by atoms with Crippen LogP contribution in [0.15, 0.2) is 18.2 Å². The first-order valence-electron chi connectivity index (χ1n) is 8.38. The summed E-state index contributed by atoms with van der Waals surface area (Å²) in [4.78, 5) is 38.8. The smallest absolute Gasteiger partial charge is 0.334 e. The Hall–Kier alpha value is -2.37. The average Bonchev–Trinajstić information content (AvgIpc) is 3.13. The fourth-order valence-electron chi connectivity index (χ4n) is 3.47. The lowest BCUT2D eigenvalue weighted by Gasteiger charge is -2.21. The number of aryl methyl sites for hydroxylation is 2. The molecule has 6 nitrogen and oxygen atoms in total. The Bertz CT molecular complexity index is 659. The molecule has 0 atom stereocenters. The van der Waals surface area contributed by atoms with Crippen molar-refractivity contribution in [2.24, 2.45) is 0 Å². The van der Waals surface area contributed by atoms with Crippen molar-refractivity contribution in [3.63, 3.8) is 0 Å². The van der Waals surface area contributed by atoms with E-state index >= 15 is 0 Å². The summed E-state index contributed by atoms with van der Waals surface area (Å²) >= 11 is 0. The molecule has 4 amide bonds. The van der Waals surface area contributed by atoms with Gasteiger partial charge in [0.15, 0.2) is 0 Å². The van der Waals surface area contributed by atoms with Crippen LogP contribution in [0.25, 0.3) is 0 Å². The highest BCUT2D eigenvalue weighted by atomic mass is 16.5. The van der Waals surface area contributed by atoms with Crippen LogP contribution in [0.5, 0.6) is 5.75 Å². The predicted octanol–water partition coefficient (Wildman–Crippen LogP) is 2.42. The van der Waals surface area contributed by atoms with Crippen LogP contribution in [0, 0.1) is 13.8 Å². The van der Waals surface area contributed by atoms with Gasteiger partial charge < -0.3 is 4.74 Å². The van der Waals surface area contributed by atoms with Gasteiger partial charge in [0, 0.05) is 6.04 Å². The van der Waals surface area contributed by atoms with E-state index in [4.69, 9.17) is 4.74 Å². The predicted molar refractivity (Wildman–Crippen MR) is 87.6 cm³/mol. The van der Waals surface area contributed by atoms with Crippen molar-refractivity contribution in [3.05, 3.63) is 29.3 Å². The van der Waals surface area contributed by atoms with Crippen molar-refractivity contribution in [1.29, 1.82) is 0 Å². The van der Waals surface area contributed by atoms with Crippen LogP contribution >= 0.6 is 0 Å². The Labute approximate surface area is 141 Å². The molecule has 128 valence electrons. The summed E-state index contributed by atoms with van der Waals surface area (Å²) < 4.78 is 5.75. The second-order valence-electron chi connectivity index (χ2n) is 6.42. The van der Waals surface area contributed by atoms with E-state index < -0.39 is 17.8 Å². The van der Waals surface area contributed by atoms with Gasteiger partial charge in [0.1, 0.15) is 12.4 Å². The summed E-state index contributed by atoms with van der Waals surface area (Å²) in [5, 5.41) is 0. The Morgan fingerprint density at radius 3 is 2.29 bits per heavy atom. The molecule has 0 radical (unpaired) electrons. The molecule has 1 saturated carbocycles. The van der Waals surface area contributed by atoms with Crippen LogP contribution < -0.4 is 4.74 Å². The molecule has 24 heavy (non-hydrogen) atoms. The number of urea groups is 1. The minimum atomic E-state index is -0.739. The van der Waals surface area contributed by atoms with E-state index in [9.17, 15) is 14.4 Å². The van der Waals surface area contributed by atoms with Crippen LogP contribution in [0.4, 0.5) is 4.79 Å². The molecular weight excluding hydrogens is 308 g/mol. The number of carbonyl (C=O) groups excluding carboxylic acids is 3. The Kier molecular flexibility index (Phi) is 4.55. The third-order valence-corrected chi connectivity index (χ3v) is 4.74. The number of ether oxygens (including phenoxy) is 1. The van der Waals surface area contributed by atoms with Gasteiger partial charge in [-0.05, 0) is 37.8 Å². The molecule has 0 unspecified atom stereocenters. The van der Waals surface area contributed by atoms with Crippen LogP contribution in [0.1, 0.15) is 36.8 Å². The van der Waals surface area contributed by atoms with Crippen molar-refractivity contribution in [3.8, 4) is 5.75 Å². The molecule has 1 aromatic carbocycles. The first-order chi connectivity index (χ1) is 11.5. The van der Waals surface area contributed by atoms with E-state index in [2.05, 4.69) is 0 Å². The quantitative estimate of drug-likeness (QED) is 0.614. The van der Waals surface area contributed by atoms with Crippen molar-refractivity contribution in [2.75, 3.05) is 13.2 Å². The maximum absolute atomic E-state index is 12.4. The van der Waals surface area contributed by atoms with E-state index in [0.717, 1.165) is 52.4 Å². The second kappa shape index (κ2) is 6.63. The number of rotatable bonds is 5. The standard InChI is InChI=1S/C18H22N2O4/c1-12-6-5-7-13(2)15(12)24-11-10-19-16(21)17(22)20(18(19)23)14-8-3-4-9-14/h5-7,14H,3-4,8-11H2,1-2H3.